The van der Waals surface area contributed by atoms with E-state index in [1.165, 1.54) is 34.8 Å². The van der Waals surface area contributed by atoms with E-state index in [9.17, 15) is 14.7 Å². The summed E-state index contributed by atoms with van der Waals surface area (Å²) in [4.78, 5) is 44.2. The first-order valence-electron chi connectivity index (χ1n) is 17.4. The second kappa shape index (κ2) is 21.8. The summed E-state index contributed by atoms with van der Waals surface area (Å²) in [7, 11) is 7.96. The molecule has 0 saturated heterocycles. The maximum Gasteiger partial charge on any atom is 0.190 e. The van der Waals surface area contributed by atoms with Crippen molar-refractivity contribution in [2.75, 3.05) is 64.4 Å². The lowest BCUT2D eigenvalue weighted by atomic mass is 10.1. The Kier molecular flexibility index (Phi) is 18.2. The Morgan fingerprint density at radius 2 is 1.23 bits per heavy atom. The highest BCUT2D eigenvalue weighted by Crippen LogP contribution is 2.33. The number of anilines is 2. The second-order valence-electron chi connectivity index (χ2n) is 13.5. The predicted molar refractivity (Wildman–Crippen MR) is 241 cm³/mol. The zero-order valence-corrected chi connectivity index (χ0v) is 37.1. The Morgan fingerprint density at radius 1 is 0.768 bits per heavy atom. The topological polar surface area (TPSA) is 152 Å². The van der Waals surface area contributed by atoms with Crippen molar-refractivity contribution in [1.82, 2.24) is 29.7 Å². The molecule has 0 atom stereocenters. The van der Waals surface area contributed by atoms with E-state index in [1.54, 1.807) is 24.3 Å². The number of likely N-dealkylation sites (N-methyl/N-ethyl adjacent to an activating group) is 1. The lowest BCUT2D eigenvalue weighted by Gasteiger charge is -2.13. The minimum absolute atomic E-state index is 0. The average molecular weight is 887 g/mol. The number of phenols is 1. The van der Waals surface area contributed by atoms with Crippen LogP contribution in [0.3, 0.4) is 0 Å². The predicted octanol–water partition coefficient (Wildman–Crippen LogP) is 9.11. The zero-order chi connectivity index (χ0) is 40.4. The number of alkyl halides is 1. The van der Waals surface area contributed by atoms with Gasteiger partial charge in [0, 0.05) is 64.7 Å². The third-order valence-electron chi connectivity index (χ3n) is 7.54. The highest BCUT2D eigenvalue weighted by Gasteiger charge is 2.15. The molecule has 0 fully saturated rings. The summed E-state index contributed by atoms with van der Waals surface area (Å²) in [6.07, 6.45) is 0. The van der Waals surface area contributed by atoms with E-state index in [0.717, 1.165) is 29.2 Å². The summed E-state index contributed by atoms with van der Waals surface area (Å²) in [6.45, 7) is 10.4. The van der Waals surface area contributed by atoms with Crippen molar-refractivity contribution in [1.29, 1.82) is 0 Å². The highest BCUT2D eigenvalue weighted by molar-refractivity contribution is 7.14. The summed E-state index contributed by atoms with van der Waals surface area (Å²) >= 11 is 20.9. The van der Waals surface area contributed by atoms with Crippen molar-refractivity contribution in [2.24, 2.45) is 0 Å². The molecule has 304 valence electrons. The van der Waals surface area contributed by atoms with Gasteiger partial charge >= 0.3 is 0 Å². The molecule has 5 N–H and O–H groups in total. The molecule has 4 heterocycles. The summed E-state index contributed by atoms with van der Waals surface area (Å²) < 4.78 is 5.77. The Hall–Kier alpha value is -3.60. The number of hydrogen-bond acceptors (Lipinski definition) is 12. The monoisotopic (exact) mass is 884 g/mol. The Morgan fingerprint density at radius 3 is 1.66 bits per heavy atom. The first-order valence-corrected chi connectivity index (χ1v) is 20.5. The van der Waals surface area contributed by atoms with Crippen LogP contribution in [-0.2, 0) is 0 Å². The van der Waals surface area contributed by atoms with Crippen LogP contribution in [0.25, 0.3) is 44.6 Å². The molecule has 56 heavy (non-hydrogen) atoms. The summed E-state index contributed by atoms with van der Waals surface area (Å²) in [5.74, 6) is 1.22. The number of halogens is 4. The van der Waals surface area contributed by atoms with Gasteiger partial charge in [0.2, 0.25) is 0 Å². The third kappa shape index (κ3) is 13.0. The average Bonchev–Trinajstić information content (AvgIpc) is 3.77. The van der Waals surface area contributed by atoms with Crippen LogP contribution in [0.1, 0.15) is 27.7 Å². The van der Waals surface area contributed by atoms with E-state index in [0.29, 0.717) is 62.0 Å². The number of pyridine rings is 2. The van der Waals surface area contributed by atoms with Gasteiger partial charge in [0.25, 0.3) is 0 Å². The van der Waals surface area contributed by atoms with Crippen molar-refractivity contribution in [2.45, 2.75) is 39.8 Å². The third-order valence-corrected chi connectivity index (χ3v) is 10.0. The molecule has 6 aromatic rings. The molecule has 0 aliphatic heterocycles. The summed E-state index contributed by atoms with van der Waals surface area (Å²) in [5, 5.41) is 23.0. The van der Waals surface area contributed by atoms with Crippen molar-refractivity contribution < 1.29 is 9.84 Å². The fourth-order valence-electron chi connectivity index (χ4n) is 4.85. The number of thiazole rings is 2. The SMILES string of the molecule is CC(C)Nc1nc(-c2cc(=O)c3ccc(O)c(Cl)c3[nH]2)cs1.CC(C)Nc1nc(-c2cc(=O)c3ccc(OCCN(C)C)c(Cl)c3[nH]2)cs1.CN(C)CCCl.Cl. The number of aromatic nitrogens is 4. The van der Waals surface area contributed by atoms with Gasteiger partial charge in [-0.15, -0.1) is 46.7 Å². The van der Waals surface area contributed by atoms with Gasteiger partial charge in [-0.1, -0.05) is 23.2 Å². The molecule has 0 aliphatic rings. The normalized spacial score (nSPS) is 11.1. The fraction of sp³-hybridized carbons (Fsp3) is 0.368. The minimum atomic E-state index is -0.169. The number of aromatic amines is 2. The first kappa shape index (κ1) is 46.8. The molecular formula is C38H48Cl4N8O4S2. The van der Waals surface area contributed by atoms with Crippen molar-refractivity contribution >= 4 is 102 Å². The van der Waals surface area contributed by atoms with E-state index in [-0.39, 0.29) is 46.1 Å². The summed E-state index contributed by atoms with van der Waals surface area (Å²) in [5.41, 5.74) is 3.27. The van der Waals surface area contributed by atoms with Crippen molar-refractivity contribution in [3.63, 3.8) is 0 Å². The molecule has 2 aromatic carbocycles. The van der Waals surface area contributed by atoms with E-state index < -0.39 is 0 Å². The van der Waals surface area contributed by atoms with Crippen LogP contribution in [0.4, 0.5) is 10.3 Å². The number of rotatable bonds is 12. The van der Waals surface area contributed by atoms with Crippen LogP contribution in [0.5, 0.6) is 11.5 Å². The summed E-state index contributed by atoms with van der Waals surface area (Å²) in [6, 6.07) is 10.0. The first-order chi connectivity index (χ1) is 26.1. The Bertz CT molecular complexity index is 2310. The van der Waals surface area contributed by atoms with Crippen LogP contribution >= 0.6 is 69.9 Å². The van der Waals surface area contributed by atoms with Crippen LogP contribution < -0.4 is 26.2 Å². The molecule has 0 unspecified atom stereocenters. The molecular weight excluding hydrogens is 838 g/mol. The number of ether oxygens (including phenoxy) is 1. The van der Waals surface area contributed by atoms with Crippen molar-refractivity contribution in [3.8, 4) is 34.3 Å². The van der Waals surface area contributed by atoms with Gasteiger partial charge in [-0.25, -0.2) is 9.97 Å². The molecule has 0 aliphatic carbocycles. The molecule has 0 radical (unpaired) electrons. The van der Waals surface area contributed by atoms with Crippen LogP contribution in [-0.4, -0.2) is 101 Å². The second-order valence-corrected chi connectivity index (χ2v) is 16.4. The van der Waals surface area contributed by atoms with Gasteiger partial charge in [0.1, 0.15) is 28.2 Å². The standard InChI is InChI=1S/C19H23ClN4O2S.C15H14ClN3O2S.C4H10ClN.ClH/c1-11(2)21-19-23-14(10-27-19)13-9-15(25)12-5-6-16(17(20)18(12)22-13)26-8-7-24(3)4;1-7(2)17-15-19-10(6-22-15)9-5-12(21)8-3-4-11(20)13(16)14(8)18-9;1-6(2)4-3-5;/h5-6,9-11H,7-8H2,1-4H3,(H,21,23)(H,22,25);3-7,20H,1-2H3,(H,17,19)(H,18,21);3-4H2,1-2H3;1H. The van der Waals surface area contributed by atoms with Gasteiger partial charge in [0.05, 0.1) is 33.8 Å². The van der Waals surface area contributed by atoms with Crippen LogP contribution in [0.15, 0.2) is 56.7 Å². The number of fused-ring (bicyclic) bond motifs is 2. The number of nitrogens with zero attached hydrogens (tertiary/aromatic N) is 4. The van der Waals surface area contributed by atoms with Gasteiger partial charge in [-0.3, -0.25) is 9.59 Å². The molecule has 4 aromatic heterocycles. The molecule has 0 saturated carbocycles. The number of aromatic hydroxyl groups is 1. The quantitative estimate of drug-likeness (QED) is 0.0753. The highest BCUT2D eigenvalue weighted by atomic mass is 35.5. The lowest BCUT2D eigenvalue weighted by molar-refractivity contribution is 0.262. The van der Waals surface area contributed by atoms with Gasteiger partial charge in [0.15, 0.2) is 21.1 Å². The van der Waals surface area contributed by atoms with E-state index in [2.05, 4.69) is 44.4 Å². The number of H-pyrrole nitrogens is 2. The van der Waals surface area contributed by atoms with Crippen LogP contribution in [0, 0.1) is 0 Å². The molecule has 12 nitrogen and oxygen atoms in total. The molecule has 0 bridgehead atoms. The van der Waals surface area contributed by atoms with Crippen LogP contribution in [0.2, 0.25) is 10.0 Å². The fourth-order valence-corrected chi connectivity index (χ4v) is 7.38. The molecule has 0 spiro atoms. The number of nitrogens with one attached hydrogen (secondary N) is 4. The maximum atomic E-state index is 12.6. The van der Waals surface area contributed by atoms with Gasteiger partial charge < -0.3 is 40.2 Å². The number of benzene rings is 2. The van der Waals surface area contributed by atoms with Gasteiger partial charge in [-0.2, -0.15) is 0 Å². The largest absolute Gasteiger partial charge is 0.506 e. The van der Waals surface area contributed by atoms with Gasteiger partial charge in [-0.05, 0) is 80.2 Å². The Labute approximate surface area is 355 Å². The number of hydrogen-bond donors (Lipinski definition) is 5. The number of phenolic OH excluding ortho intramolecular Hbond substituents is 1. The maximum absolute atomic E-state index is 12.6. The lowest BCUT2D eigenvalue weighted by Crippen LogP contribution is -2.19. The molecule has 0 amide bonds. The smallest absolute Gasteiger partial charge is 0.190 e. The Balaban J connectivity index is 0.000000262. The van der Waals surface area contributed by atoms with E-state index >= 15 is 0 Å². The van der Waals surface area contributed by atoms with Crippen molar-refractivity contribution in [3.05, 3.63) is 77.7 Å². The zero-order valence-electron chi connectivity index (χ0n) is 32.4. The van der Waals surface area contributed by atoms with E-state index in [1.807, 2.05) is 62.6 Å². The molecule has 6 rings (SSSR count). The molecule has 18 heteroatoms. The van der Waals surface area contributed by atoms with E-state index in [4.69, 9.17) is 39.5 Å². The minimum Gasteiger partial charge on any atom is -0.506 e.